The van der Waals surface area contributed by atoms with E-state index in [0.29, 0.717) is 12.5 Å². The van der Waals surface area contributed by atoms with Crippen molar-refractivity contribution in [3.8, 4) is 0 Å². The van der Waals surface area contributed by atoms with Crippen molar-refractivity contribution in [3.05, 3.63) is 48.7 Å². The fourth-order valence-corrected chi connectivity index (χ4v) is 5.51. The first-order valence-electron chi connectivity index (χ1n) is 11.0. The third-order valence-corrected chi connectivity index (χ3v) is 6.97. The quantitative estimate of drug-likeness (QED) is 0.699. The van der Waals surface area contributed by atoms with Gasteiger partial charge in [0.05, 0.1) is 19.0 Å². The number of rotatable bonds is 7. The van der Waals surface area contributed by atoms with Crippen molar-refractivity contribution in [2.24, 2.45) is 5.92 Å². The van der Waals surface area contributed by atoms with Gasteiger partial charge in [0.2, 0.25) is 10.0 Å². The minimum atomic E-state index is -3.27. The Morgan fingerprint density at radius 1 is 1.03 bits per heavy atom. The van der Waals surface area contributed by atoms with Crippen LogP contribution in [0.1, 0.15) is 43.8 Å². The maximum absolute atomic E-state index is 11.9. The van der Waals surface area contributed by atoms with Crippen LogP contribution in [0.25, 0.3) is 0 Å². The predicted molar refractivity (Wildman–Crippen MR) is 119 cm³/mol. The summed E-state index contributed by atoms with van der Waals surface area (Å²) in [5.74, 6) is 2.32. The Labute approximate surface area is 184 Å². The van der Waals surface area contributed by atoms with Crippen LogP contribution in [0.3, 0.4) is 0 Å². The average molecular weight is 446 g/mol. The number of sulfonamides is 1. The van der Waals surface area contributed by atoms with Gasteiger partial charge in [-0.05, 0) is 50.3 Å². The molecule has 4 rings (SSSR count). The highest BCUT2D eigenvalue weighted by molar-refractivity contribution is 7.88. The van der Waals surface area contributed by atoms with Gasteiger partial charge < -0.3 is 9.64 Å². The first-order chi connectivity index (χ1) is 15.0. The molecule has 1 saturated carbocycles. The summed E-state index contributed by atoms with van der Waals surface area (Å²) in [4.78, 5) is 15.5. The Morgan fingerprint density at radius 2 is 1.77 bits per heavy atom. The van der Waals surface area contributed by atoms with Crippen molar-refractivity contribution in [1.82, 2.24) is 19.7 Å². The van der Waals surface area contributed by atoms with Gasteiger partial charge in [-0.25, -0.2) is 28.1 Å². The molecule has 0 amide bonds. The Kier molecular flexibility index (Phi) is 7.14. The highest BCUT2D eigenvalue weighted by Crippen LogP contribution is 2.33. The largest absolute Gasteiger partial charge is 0.378 e. The molecule has 0 unspecified atom stereocenters. The molecular weight excluding hydrogens is 414 g/mol. The van der Waals surface area contributed by atoms with E-state index in [9.17, 15) is 8.42 Å². The Bertz CT molecular complexity index is 921. The topological polar surface area (TPSA) is 97.3 Å². The van der Waals surface area contributed by atoms with Crippen molar-refractivity contribution in [1.29, 1.82) is 0 Å². The molecule has 2 aromatic heterocycles. The van der Waals surface area contributed by atoms with Crippen LogP contribution in [-0.4, -0.2) is 61.5 Å². The first kappa shape index (κ1) is 22.1. The van der Waals surface area contributed by atoms with E-state index >= 15 is 0 Å². The second-order valence-electron chi connectivity index (χ2n) is 8.59. The molecule has 1 aliphatic heterocycles. The van der Waals surface area contributed by atoms with Gasteiger partial charge >= 0.3 is 0 Å². The molecule has 1 aliphatic carbocycles. The summed E-state index contributed by atoms with van der Waals surface area (Å²) in [6.07, 6.45) is 11.5. The van der Waals surface area contributed by atoms with Crippen LogP contribution in [0.15, 0.2) is 42.9 Å². The molecule has 1 N–H and O–H groups in total. The maximum atomic E-state index is 11.9. The Balaban J connectivity index is 1.34. The van der Waals surface area contributed by atoms with E-state index in [2.05, 4.69) is 24.6 Å². The molecule has 2 atom stereocenters. The molecular formula is C22H31N5O3S. The molecule has 31 heavy (non-hydrogen) atoms. The molecule has 0 spiro atoms. The Hall–Kier alpha value is -2.10. The molecule has 1 saturated heterocycles. The molecule has 0 radical (unpaired) electrons. The third-order valence-electron chi connectivity index (χ3n) is 6.24. The van der Waals surface area contributed by atoms with Gasteiger partial charge in [0.1, 0.15) is 11.6 Å². The molecule has 3 heterocycles. The SMILES string of the molecule is CS(=O)(=O)N[C@H]1CCN(c2ccccn2)C[C@H]1COC1CCC(c2ncccn2)CC1. The van der Waals surface area contributed by atoms with E-state index in [1.807, 2.05) is 24.3 Å². The molecule has 9 heteroatoms. The number of ether oxygens (including phenoxy) is 1. The fourth-order valence-electron chi connectivity index (χ4n) is 4.65. The zero-order valence-corrected chi connectivity index (χ0v) is 18.7. The van der Waals surface area contributed by atoms with Crippen molar-refractivity contribution in [2.45, 2.75) is 50.2 Å². The normalized spacial score (nSPS) is 27.2. The molecule has 8 nitrogen and oxygen atoms in total. The summed E-state index contributed by atoms with van der Waals surface area (Å²) in [6, 6.07) is 7.60. The lowest BCUT2D eigenvalue weighted by Crippen LogP contribution is -2.52. The van der Waals surface area contributed by atoms with Crippen LogP contribution in [0.2, 0.25) is 0 Å². The monoisotopic (exact) mass is 445 g/mol. The van der Waals surface area contributed by atoms with Gasteiger partial charge in [-0.1, -0.05) is 6.07 Å². The lowest BCUT2D eigenvalue weighted by molar-refractivity contribution is -0.00252. The molecule has 168 valence electrons. The van der Waals surface area contributed by atoms with Crippen LogP contribution < -0.4 is 9.62 Å². The summed E-state index contributed by atoms with van der Waals surface area (Å²) in [7, 11) is -3.27. The summed E-state index contributed by atoms with van der Waals surface area (Å²) < 4.78 is 32.9. The molecule has 2 fully saturated rings. The van der Waals surface area contributed by atoms with Crippen molar-refractivity contribution in [2.75, 3.05) is 30.9 Å². The summed E-state index contributed by atoms with van der Waals surface area (Å²) in [5.41, 5.74) is 0. The van der Waals surface area contributed by atoms with E-state index < -0.39 is 10.0 Å². The van der Waals surface area contributed by atoms with E-state index in [-0.39, 0.29) is 18.1 Å². The molecule has 0 bridgehead atoms. The van der Waals surface area contributed by atoms with Gasteiger partial charge in [0, 0.05) is 49.6 Å². The summed E-state index contributed by atoms with van der Waals surface area (Å²) >= 11 is 0. The minimum Gasteiger partial charge on any atom is -0.378 e. The van der Waals surface area contributed by atoms with Crippen LogP contribution >= 0.6 is 0 Å². The van der Waals surface area contributed by atoms with Crippen LogP contribution in [0.4, 0.5) is 5.82 Å². The second kappa shape index (κ2) is 10.0. The molecule has 2 aromatic rings. The number of hydrogen-bond acceptors (Lipinski definition) is 7. The first-order valence-corrected chi connectivity index (χ1v) is 12.9. The molecule has 2 aliphatic rings. The summed E-state index contributed by atoms with van der Waals surface area (Å²) in [5, 5.41) is 0. The molecule has 0 aromatic carbocycles. The van der Waals surface area contributed by atoms with Gasteiger partial charge in [-0.2, -0.15) is 0 Å². The van der Waals surface area contributed by atoms with Crippen molar-refractivity contribution in [3.63, 3.8) is 0 Å². The van der Waals surface area contributed by atoms with E-state index in [1.54, 1.807) is 18.6 Å². The van der Waals surface area contributed by atoms with Crippen LogP contribution in [0, 0.1) is 5.92 Å². The van der Waals surface area contributed by atoms with E-state index in [1.165, 1.54) is 6.26 Å². The number of pyridine rings is 1. The van der Waals surface area contributed by atoms with Gasteiger partial charge in [-0.3, -0.25) is 0 Å². The standard InChI is InChI=1S/C22H31N5O3S/c1-31(28,29)26-20-10-14-27(21-5-2-3-11-23-21)15-18(20)16-30-19-8-6-17(7-9-19)22-24-12-4-13-25-22/h2-5,11-13,17-20,26H,6-10,14-16H2,1H3/t17?,18-,19?,20-/m0/s1. The predicted octanol–water partition coefficient (Wildman–Crippen LogP) is 2.36. The number of aromatic nitrogens is 3. The maximum Gasteiger partial charge on any atom is 0.208 e. The van der Waals surface area contributed by atoms with E-state index in [0.717, 1.165) is 56.8 Å². The lowest BCUT2D eigenvalue weighted by Gasteiger charge is -2.40. The number of nitrogens with one attached hydrogen (secondary N) is 1. The smallest absolute Gasteiger partial charge is 0.208 e. The number of nitrogens with zero attached hydrogens (tertiary/aromatic N) is 4. The van der Waals surface area contributed by atoms with Gasteiger partial charge in [0.15, 0.2) is 0 Å². The van der Waals surface area contributed by atoms with Crippen molar-refractivity contribution < 1.29 is 13.2 Å². The van der Waals surface area contributed by atoms with Crippen LogP contribution in [-0.2, 0) is 14.8 Å². The zero-order valence-electron chi connectivity index (χ0n) is 17.9. The highest BCUT2D eigenvalue weighted by atomic mass is 32.2. The third kappa shape index (κ3) is 6.21. The van der Waals surface area contributed by atoms with Gasteiger partial charge in [0.25, 0.3) is 0 Å². The number of hydrogen-bond donors (Lipinski definition) is 1. The Morgan fingerprint density at radius 3 is 2.45 bits per heavy atom. The van der Waals surface area contributed by atoms with Crippen molar-refractivity contribution >= 4 is 15.8 Å². The number of anilines is 1. The second-order valence-corrected chi connectivity index (χ2v) is 10.4. The average Bonchev–Trinajstić information content (AvgIpc) is 2.79. The fraction of sp³-hybridized carbons (Fsp3) is 0.591. The van der Waals surface area contributed by atoms with E-state index in [4.69, 9.17) is 4.74 Å². The summed E-state index contributed by atoms with van der Waals surface area (Å²) in [6.45, 7) is 2.02. The van der Waals surface area contributed by atoms with Crippen LogP contribution in [0.5, 0.6) is 0 Å². The lowest BCUT2D eigenvalue weighted by atomic mass is 9.86. The zero-order chi connectivity index (χ0) is 21.7. The number of piperidine rings is 1. The van der Waals surface area contributed by atoms with Gasteiger partial charge in [-0.15, -0.1) is 0 Å². The minimum absolute atomic E-state index is 0.0701. The highest BCUT2D eigenvalue weighted by Gasteiger charge is 2.33.